The molecule has 0 aliphatic carbocycles. The molecule has 2 aromatic carbocycles. The van der Waals surface area contributed by atoms with E-state index in [1.807, 2.05) is 23.1 Å². The molecule has 1 aliphatic heterocycles. The molecular weight excluding hydrogens is 357 g/mol. The first-order chi connectivity index (χ1) is 12.8. The lowest BCUT2D eigenvalue weighted by molar-refractivity contribution is -0.138. The van der Waals surface area contributed by atoms with Crippen molar-refractivity contribution in [2.45, 2.75) is 19.2 Å². The van der Waals surface area contributed by atoms with Crippen molar-refractivity contribution in [2.75, 3.05) is 31.1 Å². The zero-order chi connectivity index (χ0) is 19.4. The number of amides is 1. The molecule has 0 radical (unpaired) electrons. The normalized spacial score (nSPS) is 16.1. The standard InChI is InChI=1S/C20H21F3N2O2/c1-15(27-18-8-3-2-4-9-18)19(26)25-12-10-24(11-13-25)17-7-5-6-16(14-17)20(21,22)23/h2-9,14-15H,10-13H2,1H3/t15-/m1/s1. The molecule has 0 spiro atoms. The van der Waals surface area contributed by atoms with Crippen LogP contribution < -0.4 is 9.64 Å². The van der Waals surface area contributed by atoms with E-state index < -0.39 is 17.8 Å². The summed E-state index contributed by atoms with van der Waals surface area (Å²) in [5, 5.41) is 0. The topological polar surface area (TPSA) is 32.8 Å². The van der Waals surface area contributed by atoms with Crippen molar-refractivity contribution < 1.29 is 22.7 Å². The molecule has 0 saturated carbocycles. The number of piperazine rings is 1. The van der Waals surface area contributed by atoms with E-state index in [2.05, 4.69) is 0 Å². The monoisotopic (exact) mass is 378 g/mol. The molecule has 1 heterocycles. The smallest absolute Gasteiger partial charge is 0.416 e. The number of carbonyl (C=O) groups excluding carboxylic acids is 1. The number of rotatable bonds is 4. The number of hydrogen-bond acceptors (Lipinski definition) is 3. The minimum atomic E-state index is -4.36. The van der Waals surface area contributed by atoms with Crippen LogP contribution in [0.15, 0.2) is 54.6 Å². The van der Waals surface area contributed by atoms with Gasteiger partial charge in [0.2, 0.25) is 0 Å². The van der Waals surface area contributed by atoms with Crippen LogP contribution in [0.1, 0.15) is 12.5 Å². The number of alkyl halides is 3. The van der Waals surface area contributed by atoms with E-state index in [1.54, 1.807) is 30.0 Å². The van der Waals surface area contributed by atoms with Gasteiger partial charge in [0.25, 0.3) is 5.91 Å². The summed E-state index contributed by atoms with van der Waals surface area (Å²) in [6.07, 6.45) is -4.98. The Bertz CT molecular complexity index is 772. The Labute approximate surface area is 156 Å². The zero-order valence-electron chi connectivity index (χ0n) is 14.9. The van der Waals surface area contributed by atoms with Crippen LogP contribution in [0.4, 0.5) is 18.9 Å². The third kappa shape index (κ3) is 4.72. The number of halogens is 3. The molecule has 1 fully saturated rings. The summed E-state index contributed by atoms with van der Waals surface area (Å²) in [6, 6.07) is 14.4. The van der Waals surface area contributed by atoms with E-state index in [-0.39, 0.29) is 5.91 Å². The third-order valence-electron chi connectivity index (χ3n) is 4.53. The first-order valence-corrected chi connectivity index (χ1v) is 8.77. The Kier molecular flexibility index (Phi) is 5.58. The van der Waals surface area contributed by atoms with Gasteiger partial charge in [0.1, 0.15) is 5.75 Å². The van der Waals surface area contributed by atoms with Crippen LogP contribution in [0.25, 0.3) is 0 Å². The van der Waals surface area contributed by atoms with E-state index >= 15 is 0 Å². The van der Waals surface area contributed by atoms with E-state index in [4.69, 9.17) is 4.74 Å². The quantitative estimate of drug-likeness (QED) is 0.811. The van der Waals surface area contributed by atoms with Gasteiger partial charge < -0.3 is 14.5 Å². The van der Waals surface area contributed by atoms with E-state index in [0.717, 1.165) is 12.1 Å². The maximum atomic E-state index is 12.9. The Balaban J connectivity index is 1.58. The summed E-state index contributed by atoms with van der Waals surface area (Å²) >= 11 is 0. The fraction of sp³-hybridized carbons (Fsp3) is 0.350. The number of nitrogens with zero attached hydrogens (tertiary/aromatic N) is 2. The molecule has 0 unspecified atom stereocenters. The average Bonchev–Trinajstić information content (AvgIpc) is 2.68. The molecule has 2 aromatic rings. The van der Waals surface area contributed by atoms with Crippen molar-refractivity contribution in [2.24, 2.45) is 0 Å². The summed E-state index contributed by atoms with van der Waals surface area (Å²) in [6.45, 7) is 3.54. The van der Waals surface area contributed by atoms with Gasteiger partial charge in [0.15, 0.2) is 6.10 Å². The van der Waals surface area contributed by atoms with E-state index in [1.165, 1.54) is 6.07 Å². The van der Waals surface area contributed by atoms with Crippen molar-refractivity contribution in [1.82, 2.24) is 4.90 Å². The molecule has 7 heteroatoms. The lowest BCUT2D eigenvalue weighted by Crippen LogP contribution is -2.52. The summed E-state index contributed by atoms with van der Waals surface area (Å²) in [7, 11) is 0. The number of anilines is 1. The molecule has 1 atom stereocenters. The van der Waals surface area contributed by atoms with Gasteiger partial charge in [-0.2, -0.15) is 13.2 Å². The molecule has 1 aliphatic rings. The van der Waals surface area contributed by atoms with Crippen LogP contribution in [0.2, 0.25) is 0 Å². The van der Waals surface area contributed by atoms with Crippen LogP contribution in [0.3, 0.4) is 0 Å². The van der Waals surface area contributed by atoms with Crippen molar-refractivity contribution in [3.05, 3.63) is 60.2 Å². The highest BCUT2D eigenvalue weighted by atomic mass is 19.4. The summed E-state index contributed by atoms with van der Waals surface area (Å²) in [4.78, 5) is 16.1. The van der Waals surface area contributed by atoms with Gasteiger partial charge in [-0.3, -0.25) is 4.79 Å². The average molecular weight is 378 g/mol. The Morgan fingerprint density at radius 2 is 1.67 bits per heavy atom. The Hall–Kier alpha value is -2.70. The fourth-order valence-electron chi connectivity index (χ4n) is 3.07. The summed E-state index contributed by atoms with van der Waals surface area (Å²) in [5.74, 6) is 0.503. The SMILES string of the molecule is C[C@@H](Oc1ccccc1)C(=O)N1CCN(c2cccc(C(F)(F)F)c2)CC1. The van der Waals surface area contributed by atoms with Crippen LogP contribution in [0, 0.1) is 0 Å². The van der Waals surface area contributed by atoms with Crippen LogP contribution in [-0.4, -0.2) is 43.1 Å². The second kappa shape index (κ2) is 7.90. The maximum absolute atomic E-state index is 12.9. The third-order valence-corrected chi connectivity index (χ3v) is 4.53. The first kappa shape index (κ1) is 19.1. The van der Waals surface area contributed by atoms with Gasteiger partial charge in [-0.15, -0.1) is 0 Å². The predicted molar refractivity (Wildman–Crippen MR) is 96.8 cm³/mol. The maximum Gasteiger partial charge on any atom is 0.416 e. The second-order valence-electron chi connectivity index (χ2n) is 6.43. The van der Waals surface area contributed by atoms with Crippen LogP contribution in [-0.2, 0) is 11.0 Å². The lowest BCUT2D eigenvalue weighted by atomic mass is 10.1. The van der Waals surface area contributed by atoms with Crippen molar-refractivity contribution in [1.29, 1.82) is 0 Å². The highest BCUT2D eigenvalue weighted by Crippen LogP contribution is 2.31. The molecule has 27 heavy (non-hydrogen) atoms. The second-order valence-corrected chi connectivity index (χ2v) is 6.43. The number of para-hydroxylation sites is 1. The minimum absolute atomic E-state index is 0.123. The lowest BCUT2D eigenvalue weighted by Gasteiger charge is -2.37. The summed E-state index contributed by atoms with van der Waals surface area (Å²) < 4.78 is 44.3. The fourth-order valence-corrected chi connectivity index (χ4v) is 3.07. The van der Waals surface area contributed by atoms with Gasteiger partial charge >= 0.3 is 6.18 Å². The molecule has 1 saturated heterocycles. The first-order valence-electron chi connectivity index (χ1n) is 8.77. The molecule has 4 nitrogen and oxygen atoms in total. The molecular formula is C20H21F3N2O2. The molecule has 0 N–H and O–H groups in total. The largest absolute Gasteiger partial charge is 0.481 e. The Morgan fingerprint density at radius 3 is 2.30 bits per heavy atom. The number of ether oxygens (including phenoxy) is 1. The van der Waals surface area contributed by atoms with Gasteiger partial charge in [-0.1, -0.05) is 24.3 Å². The predicted octanol–water partition coefficient (Wildman–Crippen LogP) is 3.82. The molecule has 1 amide bonds. The minimum Gasteiger partial charge on any atom is -0.481 e. The number of benzene rings is 2. The highest BCUT2D eigenvalue weighted by Gasteiger charge is 2.31. The van der Waals surface area contributed by atoms with Gasteiger partial charge in [-0.25, -0.2) is 0 Å². The van der Waals surface area contributed by atoms with Crippen molar-refractivity contribution >= 4 is 11.6 Å². The summed E-state index contributed by atoms with van der Waals surface area (Å²) in [5.41, 5.74) is -0.145. The number of carbonyl (C=O) groups is 1. The zero-order valence-corrected chi connectivity index (χ0v) is 14.9. The van der Waals surface area contributed by atoms with Gasteiger partial charge in [-0.05, 0) is 37.3 Å². The van der Waals surface area contributed by atoms with Crippen molar-refractivity contribution in [3.8, 4) is 5.75 Å². The van der Waals surface area contributed by atoms with E-state index in [9.17, 15) is 18.0 Å². The van der Waals surface area contributed by atoms with Gasteiger partial charge in [0.05, 0.1) is 5.56 Å². The highest BCUT2D eigenvalue weighted by molar-refractivity contribution is 5.81. The Morgan fingerprint density at radius 1 is 1.00 bits per heavy atom. The molecule has 3 rings (SSSR count). The van der Waals surface area contributed by atoms with Crippen molar-refractivity contribution in [3.63, 3.8) is 0 Å². The van der Waals surface area contributed by atoms with E-state index in [0.29, 0.717) is 37.6 Å². The van der Waals surface area contributed by atoms with Gasteiger partial charge in [0, 0.05) is 31.9 Å². The molecule has 0 aromatic heterocycles. The number of hydrogen-bond donors (Lipinski definition) is 0. The molecule has 0 bridgehead atoms. The molecule has 144 valence electrons. The van der Waals surface area contributed by atoms with Crippen LogP contribution >= 0.6 is 0 Å². The van der Waals surface area contributed by atoms with Crippen LogP contribution in [0.5, 0.6) is 5.75 Å².